The molecular weight excluding hydrogens is 312 g/mol. The molecule has 1 fully saturated rings. The SMILES string of the molecule is CC(CCN1CCCC([C@]2(C)CC(=O)NC(N)=N2)C1)c1ccccc1. The fraction of sp³-hybridized carbons (Fsp3) is 0.600. The number of carbonyl (C=O) groups excluding carboxylic acids is 1. The normalized spacial score (nSPS) is 29.0. The summed E-state index contributed by atoms with van der Waals surface area (Å²) in [5.74, 6) is 1.21. The predicted octanol–water partition coefficient (Wildman–Crippen LogP) is 2.49. The molecule has 0 bridgehead atoms. The minimum absolute atomic E-state index is 0.00942. The third-order valence-corrected chi connectivity index (χ3v) is 5.79. The van der Waals surface area contributed by atoms with Crippen molar-refractivity contribution in [3.8, 4) is 0 Å². The summed E-state index contributed by atoms with van der Waals surface area (Å²) in [5.41, 5.74) is 6.85. The molecule has 2 aliphatic rings. The average Bonchev–Trinajstić information content (AvgIpc) is 2.59. The van der Waals surface area contributed by atoms with Crippen LogP contribution in [0.3, 0.4) is 0 Å². The molecule has 136 valence electrons. The number of benzene rings is 1. The van der Waals surface area contributed by atoms with Gasteiger partial charge in [-0.25, -0.2) is 4.99 Å². The number of aliphatic imine (C=N–C) groups is 1. The van der Waals surface area contributed by atoms with Gasteiger partial charge in [0.05, 0.1) is 12.0 Å². The first-order valence-electron chi connectivity index (χ1n) is 9.39. The standard InChI is InChI=1S/C20H30N4O/c1-15(16-7-4-3-5-8-16)10-12-24-11-6-9-17(14-24)20(2)13-18(25)22-19(21)23-20/h3-5,7-8,15,17H,6,9-14H2,1-2H3,(H3,21,22,23,25)/t15?,17?,20-/m0/s1. The van der Waals surface area contributed by atoms with E-state index in [1.54, 1.807) is 0 Å². The Labute approximate surface area is 150 Å². The number of carbonyl (C=O) groups is 1. The second-order valence-corrected chi connectivity index (χ2v) is 7.82. The number of nitrogens with one attached hydrogen (secondary N) is 1. The first-order chi connectivity index (χ1) is 12.0. The van der Waals surface area contributed by atoms with Crippen molar-refractivity contribution in [1.82, 2.24) is 10.2 Å². The fourth-order valence-electron chi connectivity index (χ4n) is 4.18. The van der Waals surface area contributed by atoms with Crippen LogP contribution >= 0.6 is 0 Å². The Morgan fingerprint density at radius 3 is 2.88 bits per heavy atom. The molecule has 0 radical (unpaired) electrons. The van der Waals surface area contributed by atoms with Crippen molar-refractivity contribution in [2.45, 2.75) is 51.0 Å². The highest BCUT2D eigenvalue weighted by Crippen LogP contribution is 2.34. The van der Waals surface area contributed by atoms with Crippen LogP contribution < -0.4 is 11.1 Å². The van der Waals surface area contributed by atoms with E-state index in [0.29, 0.717) is 18.3 Å². The third-order valence-electron chi connectivity index (χ3n) is 5.79. The van der Waals surface area contributed by atoms with E-state index in [9.17, 15) is 4.79 Å². The van der Waals surface area contributed by atoms with Gasteiger partial charge in [-0.3, -0.25) is 10.1 Å². The van der Waals surface area contributed by atoms with Gasteiger partial charge in [0.2, 0.25) is 5.91 Å². The van der Waals surface area contributed by atoms with Crippen molar-refractivity contribution in [2.24, 2.45) is 16.6 Å². The molecule has 1 amide bonds. The number of piperidine rings is 1. The van der Waals surface area contributed by atoms with E-state index >= 15 is 0 Å². The van der Waals surface area contributed by atoms with E-state index in [4.69, 9.17) is 5.73 Å². The molecule has 0 aliphatic carbocycles. The third kappa shape index (κ3) is 4.40. The van der Waals surface area contributed by atoms with Gasteiger partial charge in [-0.1, -0.05) is 37.3 Å². The minimum atomic E-state index is -0.365. The van der Waals surface area contributed by atoms with E-state index in [0.717, 1.165) is 38.9 Å². The molecule has 1 saturated heterocycles. The quantitative estimate of drug-likeness (QED) is 0.863. The average molecular weight is 342 g/mol. The number of amides is 1. The first kappa shape index (κ1) is 17.9. The zero-order valence-corrected chi connectivity index (χ0v) is 15.4. The van der Waals surface area contributed by atoms with Gasteiger partial charge in [-0.2, -0.15) is 0 Å². The zero-order chi connectivity index (χ0) is 17.9. The summed E-state index contributed by atoms with van der Waals surface area (Å²) in [7, 11) is 0. The Morgan fingerprint density at radius 1 is 1.40 bits per heavy atom. The summed E-state index contributed by atoms with van der Waals surface area (Å²) in [6.45, 7) is 7.61. The molecule has 2 unspecified atom stereocenters. The van der Waals surface area contributed by atoms with Gasteiger partial charge in [0.25, 0.3) is 0 Å². The smallest absolute Gasteiger partial charge is 0.229 e. The van der Waals surface area contributed by atoms with Crippen molar-refractivity contribution < 1.29 is 4.79 Å². The molecule has 3 atom stereocenters. The fourth-order valence-corrected chi connectivity index (χ4v) is 4.18. The van der Waals surface area contributed by atoms with Gasteiger partial charge in [0.1, 0.15) is 0 Å². The van der Waals surface area contributed by atoms with Crippen LogP contribution in [0.2, 0.25) is 0 Å². The van der Waals surface area contributed by atoms with Crippen molar-refractivity contribution in [3.63, 3.8) is 0 Å². The maximum Gasteiger partial charge on any atom is 0.229 e. The molecule has 0 saturated carbocycles. The summed E-state index contributed by atoms with van der Waals surface area (Å²) >= 11 is 0. The number of nitrogens with zero attached hydrogens (tertiary/aromatic N) is 2. The van der Waals surface area contributed by atoms with Crippen molar-refractivity contribution in [2.75, 3.05) is 19.6 Å². The van der Waals surface area contributed by atoms with E-state index in [-0.39, 0.29) is 17.4 Å². The van der Waals surface area contributed by atoms with Gasteiger partial charge >= 0.3 is 0 Å². The Hall–Kier alpha value is -1.88. The lowest BCUT2D eigenvalue weighted by Crippen LogP contribution is -2.53. The maximum atomic E-state index is 11.9. The second-order valence-electron chi connectivity index (χ2n) is 7.82. The van der Waals surface area contributed by atoms with Crippen LogP contribution in [0.1, 0.15) is 51.0 Å². The lowest BCUT2D eigenvalue weighted by Gasteiger charge is -2.42. The number of guanidine groups is 1. The summed E-state index contributed by atoms with van der Waals surface area (Å²) in [6, 6.07) is 10.7. The number of hydrogen-bond donors (Lipinski definition) is 2. The summed E-state index contributed by atoms with van der Waals surface area (Å²) < 4.78 is 0. The monoisotopic (exact) mass is 342 g/mol. The lowest BCUT2D eigenvalue weighted by molar-refractivity contribution is -0.122. The van der Waals surface area contributed by atoms with Crippen molar-refractivity contribution in [3.05, 3.63) is 35.9 Å². The Balaban J connectivity index is 1.58. The van der Waals surface area contributed by atoms with Crippen LogP contribution in [-0.4, -0.2) is 41.9 Å². The Morgan fingerprint density at radius 2 is 2.16 bits per heavy atom. The highest BCUT2D eigenvalue weighted by atomic mass is 16.1. The molecule has 5 heteroatoms. The Bertz CT molecular complexity index is 630. The summed E-state index contributed by atoms with van der Waals surface area (Å²) in [6.07, 6.45) is 3.87. The van der Waals surface area contributed by atoms with E-state index < -0.39 is 0 Å². The van der Waals surface area contributed by atoms with E-state index in [1.165, 1.54) is 5.56 Å². The van der Waals surface area contributed by atoms with Crippen LogP contribution in [-0.2, 0) is 4.79 Å². The molecule has 3 N–H and O–H groups in total. The largest absolute Gasteiger partial charge is 0.370 e. The molecule has 3 rings (SSSR count). The molecule has 2 aliphatic heterocycles. The molecular formula is C20H30N4O. The maximum absolute atomic E-state index is 11.9. The lowest BCUT2D eigenvalue weighted by atomic mass is 9.77. The first-order valence-corrected chi connectivity index (χ1v) is 9.39. The van der Waals surface area contributed by atoms with Gasteiger partial charge in [-0.15, -0.1) is 0 Å². The molecule has 1 aromatic carbocycles. The van der Waals surface area contributed by atoms with E-state index in [1.807, 2.05) is 0 Å². The number of nitrogens with two attached hydrogens (primary N) is 1. The summed E-state index contributed by atoms with van der Waals surface area (Å²) in [4.78, 5) is 19.0. The number of likely N-dealkylation sites (tertiary alicyclic amines) is 1. The molecule has 25 heavy (non-hydrogen) atoms. The van der Waals surface area contributed by atoms with Gasteiger partial charge in [0, 0.05) is 6.54 Å². The molecule has 2 heterocycles. The predicted molar refractivity (Wildman–Crippen MR) is 101 cm³/mol. The molecule has 0 aromatic heterocycles. The van der Waals surface area contributed by atoms with Crippen LogP contribution in [0, 0.1) is 5.92 Å². The zero-order valence-electron chi connectivity index (χ0n) is 15.4. The van der Waals surface area contributed by atoms with Gasteiger partial charge < -0.3 is 10.6 Å². The highest BCUT2D eigenvalue weighted by molar-refractivity contribution is 5.98. The van der Waals surface area contributed by atoms with Gasteiger partial charge in [-0.05, 0) is 56.7 Å². The van der Waals surface area contributed by atoms with Crippen LogP contribution in [0.15, 0.2) is 35.3 Å². The molecule has 1 aromatic rings. The number of rotatable bonds is 5. The minimum Gasteiger partial charge on any atom is -0.370 e. The van der Waals surface area contributed by atoms with Crippen LogP contribution in [0.25, 0.3) is 0 Å². The van der Waals surface area contributed by atoms with Crippen LogP contribution in [0.4, 0.5) is 0 Å². The molecule has 0 spiro atoms. The van der Waals surface area contributed by atoms with Gasteiger partial charge in [0.15, 0.2) is 5.96 Å². The second kappa shape index (κ2) is 7.56. The van der Waals surface area contributed by atoms with Crippen LogP contribution in [0.5, 0.6) is 0 Å². The topological polar surface area (TPSA) is 70.7 Å². The van der Waals surface area contributed by atoms with Crippen molar-refractivity contribution >= 4 is 11.9 Å². The number of hydrogen-bond acceptors (Lipinski definition) is 4. The summed E-state index contributed by atoms with van der Waals surface area (Å²) in [5, 5.41) is 2.62. The Kier molecular flexibility index (Phi) is 5.42. The highest BCUT2D eigenvalue weighted by Gasteiger charge is 2.40. The van der Waals surface area contributed by atoms with Crippen molar-refractivity contribution in [1.29, 1.82) is 0 Å². The molecule has 5 nitrogen and oxygen atoms in total. The van der Waals surface area contributed by atoms with E-state index in [2.05, 4.69) is 59.4 Å².